The summed E-state index contributed by atoms with van der Waals surface area (Å²) in [6.07, 6.45) is -2.12. The van der Waals surface area contributed by atoms with Crippen molar-refractivity contribution < 1.29 is 20.4 Å². The van der Waals surface area contributed by atoms with Gasteiger partial charge in [0.15, 0.2) is 0 Å². The number of aliphatic hydroxyl groups is 4. The van der Waals surface area contributed by atoms with Gasteiger partial charge < -0.3 is 20.4 Å². The number of rotatable bonds is 0. The Balaban J connectivity index is 1.88. The zero-order valence-electron chi connectivity index (χ0n) is 13.3. The Morgan fingerprint density at radius 3 is 1.52 bits per heavy atom. The predicted molar refractivity (Wildman–Crippen MR) is 94.7 cm³/mol. The maximum absolute atomic E-state index is 10.6. The Kier molecular flexibility index (Phi) is 4.08. The Morgan fingerprint density at radius 2 is 1.13 bits per heavy atom. The summed E-state index contributed by atoms with van der Waals surface area (Å²) in [5.74, 6) is 0. The fourth-order valence-corrected chi connectivity index (χ4v) is 12.5. The van der Waals surface area contributed by atoms with E-state index in [4.69, 9.17) is 0 Å². The fourth-order valence-electron chi connectivity index (χ4n) is 4.74. The minimum absolute atomic E-state index is 0.0146. The number of aliphatic hydroxyl groups excluding tert-OH is 4. The van der Waals surface area contributed by atoms with E-state index < -0.39 is 40.3 Å². The van der Waals surface area contributed by atoms with Crippen LogP contribution in [0.4, 0.5) is 0 Å². The molecule has 0 amide bonds. The molecule has 3 unspecified atom stereocenters. The van der Waals surface area contributed by atoms with Crippen LogP contribution in [0.5, 0.6) is 0 Å². The normalized spacial score (nSPS) is 51.7. The molecule has 3 aliphatic heterocycles. The quantitative estimate of drug-likeness (QED) is 0.505. The molecule has 0 saturated carbocycles. The van der Waals surface area contributed by atoms with Crippen molar-refractivity contribution in [2.45, 2.75) is 67.3 Å². The summed E-state index contributed by atoms with van der Waals surface area (Å²) in [6.45, 7) is 4.08. The average molecular weight is 354 g/mol. The van der Waals surface area contributed by atoms with Crippen LogP contribution >= 0.6 is 15.8 Å². The number of hydrogen-bond acceptors (Lipinski definition) is 4. The van der Waals surface area contributed by atoms with Gasteiger partial charge in [-0.3, -0.25) is 0 Å². The van der Waals surface area contributed by atoms with Crippen LogP contribution in [0.25, 0.3) is 0 Å². The first-order valence-electron chi connectivity index (χ1n) is 8.31. The summed E-state index contributed by atoms with van der Waals surface area (Å²) in [5, 5.41) is 44.5. The number of hydrogen-bond donors (Lipinski definition) is 4. The number of benzene rings is 1. The van der Waals surface area contributed by atoms with Crippen LogP contribution in [0, 0.1) is 0 Å². The van der Waals surface area contributed by atoms with E-state index in [0.717, 1.165) is 0 Å². The van der Waals surface area contributed by atoms with E-state index in [9.17, 15) is 20.4 Å². The van der Waals surface area contributed by atoms with E-state index in [-0.39, 0.29) is 22.6 Å². The molecule has 3 aliphatic rings. The van der Waals surface area contributed by atoms with Gasteiger partial charge in [-0.15, -0.1) is 0 Å². The zero-order valence-corrected chi connectivity index (χ0v) is 15.1. The molecule has 1 aromatic carbocycles. The van der Waals surface area contributed by atoms with Gasteiger partial charge in [0.2, 0.25) is 0 Å². The molecule has 126 valence electrons. The van der Waals surface area contributed by atoms with Gasteiger partial charge in [-0.1, -0.05) is 54.0 Å². The van der Waals surface area contributed by atoms with Crippen LogP contribution in [0.15, 0.2) is 24.3 Å². The Bertz CT molecular complexity index is 561. The van der Waals surface area contributed by atoms with Crippen molar-refractivity contribution in [3.8, 4) is 0 Å². The summed E-state index contributed by atoms with van der Waals surface area (Å²) in [7, 11) is -1.31. The van der Waals surface area contributed by atoms with Gasteiger partial charge >= 0.3 is 0 Å². The third kappa shape index (κ3) is 2.20. The highest BCUT2D eigenvalue weighted by molar-refractivity contribution is 7.74. The predicted octanol–water partition coefficient (Wildman–Crippen LogP) is 0.290. The van der Waals surface area contributed by atoms with Crippen molar-refractivity contribution in [3.05, 3.63) is 24.3 Å². The molecule has 4 N–H and O–H groups in total. The molecule has 0 spiro atoms. The SMILES string of the molecule is CC1[C@@H](O)[C@H](O)[C@@H]2C[C@H]3[C@@H](O)[C@H](O)[C@H](C)P3c3ccccc3P12. The molecule has 23 heavy (non-hydrogen) atoms. The molecule has 0 aromatic heterocycles. The Labute approximate surface area is 139 Å². The van der Waals surface area contributed by atoms with Crippen molar-refractivity contribution in [2.24, 2.45) is 0 Å². The molecule has 10 atom stereocenters. The van der Waals surface area contributed by atoms with E-state index in [1.165, 1.54) is 10.6 Å². The molecule has 4 rings (SSSR count). The fraction of sp³-hybridized carbons (Fsp3) is 0.647. The maximum Gasteiger partial charge on any atom is 0.0875 e. The summed E-state index contributed by atoms with van der Waals surface area (Å²) in [4.78, 5) is 0. The summed E-state index contributed by atoms with van der Waals surface area (Å²) < 4.78 is 0. The molecule has 4 nitrogen and oxygen atoms in total. The molecule has 3 heterocycles. The lowest BCUT2D eigenvalue weighted by Gasteiger charge is -2.26. The highest BCUT2D eigenvalue weighted by Gasteiger charge is 2.56. The van der Waals surface area contributed by atoms with E-state index in [1.807, 2.05) is 26.0 Å². The van der Waals surface area contributed by atoms with Crippen LogP contribution in [0.3, 0.4) is 0 Å². The van der Waals surface area contributed by atoms with Gasteiger partial charge in [0.05, 0.1) is 24.4 Å². The third-order valence-electron chi connectivity index (χ3n) is 5.99. The van der Waals surface area contributed by atoms with Crippen LogP contribution in [-0.2, 0) is 0 Å². The smallest absolute Gasteiger partial charge is 0.0875 e. The molecule has 1 aromatic rings. The first kappa shape index (κ1) is 16.4. The minimum Gasteiger partial charge on any atom is -0.390 e. The van der Waals surface area contributed by atoms with E-state index in [2.05, 4.69) is 12.1 Å². The summed E-state index contributed by atoms with van der Waals surface area (Å²) in [6, 6.07) is 8.35. The Morgan fingerprint density at radius 1 is 0.739 bits per heavy atom. The maximum atomic E-state index is 10.6. The first-order chi connectivity index (χ1) is 10.9. The lowest BCUT2D eigenvalue weighted by Crippen LogP contribution is -2.36. The molecule has 2 saturated heterocycles. The highest BCUT2D eigenvalue weighted by Crippen LogP contribution is 2.65. The standard InChI is InChI=1S/C17H24O4P2/c1-8-14(18)16(20)12-7-13-17(21)15(19)9(2)23(13)11-6-4-3-5-10(11)22(8)12/h3-6,8-9,12-21H,7H2,1-2H3/t8-,9?,12-,13-,14+,15+,16+,17+,22?,23?/m0/s1. The average Bonchev–Trinajstić information content (AvgIpc) is 2.82. The van der Waals surface area contributed by atoms with E-state index >= 15 is 0 Å². The second-order valence-corrected chi connectivity index (χ2v) is 12.7. The monoisotopic (exact) mass is 354 g/mol. The van der Waals surface area contributed by atoms with Gasteiger partial charge in [0, 0.05) is 22.6 Å². The topological polar surface area (TPSA) is 80.9 Å². The third-order valence-corrected chi connectivity index (χ3v) is 12.9. The van der Waals surface area contributed by atoms with E-state index in [1.54, 1.807) is 0 Å². The molecule has 2 fully saturated rings. The summed E-state index contributed by atoms with van der Waals surface area (Å²) in [5.41, 5.74) is 0.165. The molecule has 0 bridgehead atoms. The first-order valence-corrected chi connectivity index (χ1v) is 11.3. The summed E-state index contributed by atoms with van der Waals surface area (Å²) >= 11 is 0. The zero-order chi connectivity index (χ0) is 16.5. The van der Waals surface area contributed by atoms with Gasteiger partial charge in [0.1, 0.15) is 0 Å². The molecular weight excluding hydrogens is 330 g/mol. The van der Waals surface area contributed by atoms with Gasteiger partial charge in [-0.25, -0.2) is 0 Å². The number of fused-ring (bicyclic) bond motifs is 5. The van der Waals surface area contributed by atoms with Crippen molar-refractivity contribution in [2.75, 3.05) is 0 Å². The van der Waals surface area contributed by atoms with Crippen LogP contribution < -0.4 is 10.6 Å². The van der Waals surface area contributed by atoms with Crippen molar-refractivity contribution in [1.82, 2.24) is 0 Å². The molecule has 0 radical (unpaired) electrons. The molecule has 0 aliphatic carbocycles. The minimum atomic E-state index is -0.723. The van der Waals surface area contributed by atoms with Crippen LogP contribution in [0.1, 0.15) is 20.3 Å². The van der Waals surface area contributed by atoms with Gasteiger partial charge in [0.25, 0.3) is 0 Å². The van der Waals surface area contributed by atoms with Crippen LogP contribution in [0.2, 0.25) is 0 Å². The molecule has 6 heteroatoms. The largest absolute Gasteiger partial charge is 0.390 e. The highest BCUT2D eigenvalue weighted by atomic mass is 31.1. The van der Waals surface area contributed by atoms with Crippen molar-refractivity contribution in [1.29, 1.82) is 0 Å². The van der Waals surface area contributed by atoms with Crippen LogP contribution in [-0.4, -0.2) is 67.5 Å². The second-order valence-electron chi connectivity index (χ2n) is 7.12. The lowest BCUT2D eigenvalue weighted by molar-refractivity contribution is 0.0156. The van der Waals surface area contributed by atoms with Gasteiger partial charge in [-0.05, 0) is 17.0 Å². The lowest BCUT2D eigenvalue weighted by atomic mass is 10.0. The van der Waals surface area contributed by atoms with E-state index in [0.29, 0.717) is 6.42 Å². The van der Waals surface area contributed by atoms with Crippen molar-refractivity contribution in [3.63, 3.8) is 0 Å². The molecular formula is C17H24O4P2. The van der Waals surface area contributed by atoms with Gasteiger partial charge in [-0.2, -0.15) is 0 Å². The second kappa shape index (κ2) is 5.73. The Hall–Kier alpha value is -0.0800. The van der Waals surface area contributed by atoms with Crippen molar-refractivity contribution >= 4 is 26.5 Å².